The molecule has 0 radical (unpaired) electrons. The van der Waals surface area contributed by atoms with E-state index in [-0.39, 0.29) is 39.8 Å². The van der Waals surface area contributed by atoms with Crippen LogP contribution in [0.3, 0.4) is 0 Å². The monoisotopic (exact) mass is 408 g/mol. The summed E-state index contributed by atoms with van der Waals surface area (Å²) in [5.74, 6) is 0.0818. The molecule has 4 rings (SSSR count). The fourth-order valence-electron chi connectivity index (χ4n) is 3.06. The second kappa shape index (κ2) is 6.00. The maximum absolute atomic E-state index is 13.0. The van der Waals surface area contributed by atoms with E-state index in [2.05, 4.69) is 15.9 Å². The van der Waals surface area contributed by atoms with Gasteiger partial charge in [-0.25, -0.2) is 0 Å². The molecule has 0 heterocycles. The minimum atomic E-state index is -0.343. The summed E-state index contributed by atoms with van der Waals surface area (Å²) in [6, 6.07) is 15.6. The second-order valence-corrected chi connectivity index (χ2v) is 6.63. The molecule has 0 aliphatic heterocycles. The van der Waals surface area contributed by atoms with Crippen molar-refractivity contribution in [3.8, 4) is 11.5 Å². The third-order valence-electron chi connectivity index (χ3n) is 4.30. The lowest BCUT2D eigenvalue weighted by molar-refractivity contribution is 0.0980. The van der Waals surface area contributed by atoms with Crippen LogP contribution >= 0.6 is 15.9 Å². The van der Waals surface area contributed by atoms with Gasteiger partial charge in [0.05, 0.1) is 27.0 Å². The number of benzene rings is 3. The van der Waals surface area contributed by atoms with Crippen LogP contribution in [0, 0.1) is 0 Å². The molecule has 6 heteroatoms. The van der Waals surface area contributed by atoms with E-state index >= 15 is 0 Å². The van der Waals surface area contributed by atoms with E-state index in [1.807, 2.05) is 18.2 Å². The van der Waals surface area contributed by atoms with Gasteiger partial charge < -0.3 is 16.2 Å². The van der Waals surface area contributed by atoms with E-state index in [4.69, 9.17) is 16.2 Å². The van der Waals surface area contributed by atoms with Crippen LogP contribution < -0.4 is 16.2 Å². The van der Waals surface area contributed by atoms with Gasteiger partial charge >= 0.3 is 0 Å². The second-order valence-electron chi connectivity index (χ2n) is 5.84. The molecule has 0 aromatic heterocycles. The van der Waals surface area contributed by atoms with Crippen LogP contribution in [0.4, 0.5) is 11.4 Å². The lowest BCUT2D eigenvalue weighted by Crippen LogP contribution is -2.24. The summed E-state index contributed by atoms with van der Waals surface area (Å²) in [4.78, 5) is 25.9. The van der Waals surface area contributed by atoms with E-state index in [0.29, 0.717) is 21.3 Å². The van der Waals surface area contributed by atoms with Gasteiger partial charge in [0.15, 0.2) is 17.3 Å². The number of carbonyl (C=O) groups is 2. The number of para-hydroxylation sites is 1. The van der Waals surface area contributed by atoms with Gasteiger partial charge in [0.2, 0.25) is 0 Å². The molecule has 0 saturated heterocycles. The first-order valence-electron chi connectivity index (χ1n) is 7.82. The van der Waals surface area contributed by atoms with Crippen LogP contribution in [0.5, 0.6) is 11.5 Å². The largest absolute Gasteiger partial charge is 0.454 e. The number of nitrogens with two attached hydrogens (primary N) is 2. The van der Waals surface area contributed by atoms with Gasteiger partial charge in [-0.15, -0.1) is 0 Å². The van der Waals surface area contributed by atoms with E-state index in [0.717, 1.165) is 0 Å². The first-order chi connectivity index (χ1) is 12.5. The molecular weight excluding hydrogens is 396 g/mol. The van der Waals surface area contributed by atoms with Crippen LogP contribution in [0.1, 0.15) is 31.8 Å². The van der Waals surface area contributed by atoms with Gasteiger partial charge in [0, 0.05) is 11.1 Å². The topological polar surface area (TPSA) is 95.4 Å². The van der Waals surface area contributed by atoms with Gasteiger partial charge in [0.1, 0.15) is 5.75 Å². The van der Waals surface area contributed by atoms with Crippen LogP contribution in [-0.2, 0) is 0 Å². The van der Waals surface area contributed by atoms with E-state index in [9.17, 15) is 9.59 Å². The Morgan fingerprint density at radius 1 is 0.731 bits per heavy atom. The van der Waals surface area contributed by atoms with Crippen molar-refractivity contribution in [3.05, 3.63) is 81.3 Å². The number of hydrogen-bond donors (Lipinski definition) is 2. The quantitative estimate of drug-likeness (QED) is 0.485. The Labute approximate surface area is 157 Å². The Morgan fingerprint density at radius 2 is 1.23 bits per heavy atom. The van der Waals surface area contributed by atoms with E-state index < -0.39 is 0 Å². The fraction of sp³-hybridized carbons (Fsp3) is 0. The molecule has 0 amide bonds. The third-order valence-corrected chi connectivity index (χ3v) is 5.09. The number of fused-ring (bicyclic) bond motifs is 2. The van der Waals surface area contributed by atoms with Gasteiger partial charge in [-0.3, -0.25) is 9.59 Å². The highest BCUT2D eigenvalue weighted by atomic mass is 79.9. The summed E-state index contributed by atoms with van der Waals surface area (Å²) in [5, 5.41) is 0. The SMILES string of the molecule is Nc1c(Br)c(Oc2ccccc2)c(N)c2c1C(=O)c1ccccc1C2=O. The summed E-state index contributed by atoms with van der Waals surface area (Å²) in [5.41, 5.74) is 13.5. The molecular formula is C20H13BrN2O3. The molecule has 0 atom stereocenters. The molecule has 26 heavy (non-hydrogen) atoms. The molecule has 1 aliphatic carbocycles. The molecule has 3 aromatic carbocycles. The Morgan fingerprint density at radius 3 is 1.81 bits per heavy atom. The first kappa shape index (κ1) is 16.4. The summed E-state index contributed by atoms with van der Waals surface area (Å²) in [7, 11) is 0. The molecule has 3 aromatic rings. The number of nitrogen functional groups attached to an aromatic ring is 2. The minimum absolute atomic E-state index is 0.0813. The molecule has 0 fully saturated rings. The van der Waals surface area contributed by atoms with Crippen LogP contribution in [0.25, 0.3) is 0 Å². The zero-order valence-corrected chi connectivity index (χ0v) is 15.0. The standard InChI is InChI=1S/C20H13BrN2O3/c21-15-16(22)13-14(17(23)20(15)26-10-6-2-1-3-7-10)19(25)12-9-5-4-8-11(12)18(13)24/h1-9H,22-23H2. The zero-order valence-electron chi connectivity index (χ0n) is 13.5. The van der Waals surface area contributed by atoms with Crippen molar-refractivity contribution in [1.29, 1.82) is 0 Å². The number of carbonyl (C=O) groups excluding carboxylic acids is 2. The number of hydrogen-bond acceptors (Lipinski definition) is 5. The first-order valence-corrected chi connectivity index (χ1v) is 8.61. The predicted molar refractivity (Wildman–Crippen MR) is 103 cm³/mol. The Kier molecular flexibility index (Phi) is 3.77. The Bertz CT molecular complexity index is 1080. The molecule has 0 bridgehead atoms. The smallest absolute Gasteiger partial charge is 0.196 e. The van der Waals surface area contributed by atoms with E-state index in [1.165, 1.54) is 0 Å². The van der Waals surface area contributed by atoms with Crippen molar-refractivity contribution in [1.82, 2.24) is 0 Å². The summed E-state index contributed by atoms with van der Waals surface area (Å²) in [6.07, 6.45) is 0. The lowest BCUT2D eigenvalue weighted by atomic mass is 9.82. The van der Waals surface area contributed by atoms with Crippen molar-refractivity contribution in [2.75, 3.05) is 11.5 Å². The van der Waals surface area contributed by atoms with Crippen LogP contribution in [-0.4, -0.2) is 11.6 Å². The fourth-order valence-corrected chi connectivity index (χ4v) is 3.55. The van der Waals surface area contributed by atoms with Crippen molar-refractivity contribution in [2.24, 2.45) is 0 Å². The highest BCUT2D eigenvalue weighted by Gasteiger charge is 2.36. The molecule has 0 spiro atoms. The van der Waals surface area contributed by atoms with Gasteiger partial charge in [0.25, 0.3) is 0 Å². The number of ether oxygens (including phenoxy) is 1. The molecule has 4 N–H and O–H groups in total. The van der Waals surface area contributed by atoms with Crippen LogP contribution in [0.15, 0.2) is 59.1 Å². The molecule has 0 unspecified atom stereocenters. The van der Waals surface area contributed by atoms with Crippen LogP contribution in [0.2, 0.25) is 0 Å². The minimum Gasteiger partial charge on any atom is -0.454 e. The van der Waals surface area contributed by atoms with Crippen molar-refractivity contribution in [3.63, 3.8) is 0 Å². The number of halogens is 1. The van der Waals surface area contributed by atoms with Crippen molar-refractivity contribution in [2.45, 2.75) is 0 Å². The maximum Gasteiger partial charge on any atom is 0.196 e. The summed E-state index contributed by atoms with van der Waals surface area (Å²) < 4.78 is 6.19. The molecule has 0 saturated carbocycles. The summed E-state index contributed by atoms with van der Waals surface area (Å²) in [6.45, 7) is 0. The molecule has 5 nitrogen and oxygen atoms in total. The number of anilines is 2. The van der Waals surface area contributed by atoms with Gasteiger partial charge in [-0.2, -0.15) is 0 Å². The number of rotatable bonds is 2. The normalized spacial score (nSPS) is 12.5. The zero-order chi connectivity index (χ0) is 18.4. The predicted octanol–water partition coefficient (Wildman–Crippen LogP) is 4.18. The van der Waals surface area contributed by atoms with Crippen molar-refractivity contribution >= 4 is 38.9 Å². The highest BCUT2D eigenvalue weighted by molar-refractivity contribution is 9.10. The maximum atomic E-state index is 13.0. The highest BCUT2D eigenvalue weighted by Crippen LogP contribution is 2.46. The van der Waals surface area contributed by atoms with Gasteiger partial charge in [-0.05, 0) is 28.1 Å². The van der Waals surface area contributed by atoms with E-state index in [1.54, 1.807) is 36.4 Å². The summed E-state index contributed by atoms with van der Waals surface area (Å²) >= 11 is 3.36. The average Bonchev–Trinajstić information content (AvgIpc) is 2.67. The van der Waals surface area contributed by atoms with Crippen molar-refractivity contribution < 1.29 is 14.3 Å². The Hall–Kier alpha value is -3.12. The average molecular weight is 409 g/mol. The lowest BCUT2D eigenvalue weighted by Gasteiger charge is -2.23. The number of ketones is 2. The molecule has 128 valence electrons. The Balaban J connectivity index is 1.96. The van der Waals surface area contributed by atoms with Gasteiger partial charge in [-0.1, -0.05) is 42.5 Å². The molecule has 1 aliphatic rings. The third kappa shape index (κ3) is 2.30.